The van der Waals surface area contributed by atoms with Crippen LogP contribution in [0.2, 0.25) is 0 Å². The van der Waals surface area contributed by atoms with E-state index in [1.54, 1.807) is 6.08 Å². The lowest BCUT2D eigenvalue weighted by atomic mass is 10.0. The second-order valence-electron chi connectivity index (χ2n) is 10.4. The first-order valence-corrected chi connectivity index (χ1v) is 16.1. The van der Waals surface area contributed by atoms with Crippen molar-refractivity contribution in [2.45, 2.75) is 63.3 Å². The maximum atomic E-state index is 12.9. The molecular weight excluding hydrogens is 554 g/mol. The van der Waals surface area contributed by atoms with Crippen LogP contribution in [0.1, 0.15) is 63.3 Å². The second kappa shape index (κ2) is 12.2. The molecule has 2 aromatic heterocycles. The van der Waals surface area contributed by atoms with Crippen LogP contribution in [0, 0.1) is 0 Å². The molecule has 11 nitrogen and oxygen atoms in total. The molecule has 2 aliphatic rings. The van der Waals surface area contributed by atoms with Gasteiger partial charge in [-0.3, -0.25) is 10.1 Å². The molecule has 3 aromatic rings. The number of esters is 1. The normalized spacial score (nSPS) is 18.8. The number of aromatic nitrogens is 3. The number of ether oxygens (including phenoxy) is 2. The van der Waals surface area contributed by atoms with E-state index in [9.17, 15) is 13.2 Å². The Kier molecular flexibility index (Phi) is 8.71. The molecule has 4 heterocycles. The molecular formula is C27H35N5O6S2. The first-order chi connectivity index (χ1) is 19.2. The highest BCUT2D eigenvalue weighted by Gasteiger charge is 2.28. The molecule has 1 fully saturated rings. The second-order valence-corrected chi connectivity index (χ2v) is 13.7. The number of sulfone groups is 1. The van der Waals surface area contributed by atoms with Crippen molar-refractivity contribution in [3.05, 3.63) is 35.7 Å². The highest BCUT2D eigenvalue weighted by molar-refractivity contribution is 7.92. The molecule has 5 rings (SSSR count). The van der Waals surface area contributed by atoms with Crippen LogP contribution >= 0.6 is 11.3 Å². The first-order valence-electron chi connectivity index (χ1n) is 13.6. The third-order valence-corrected chi connectivity index (χ3v) is 10.0. The van der Waals surface area contributed by atoms with Gasteiger partial charge in [0.2, 0.25) is 0 Å². The molecule has 0 radical (unpaired) electrons. The number of carbonyl (C=O) groups is 1. The zero-order valence-corrected chi connectivity index (χ0v) is 24.6. The first kappa shape index (κ1) is 28.5. The van der Waals surface area contributed by atoms with Crippen molar-refractivity contribution >= 4 is 48.9 Å². The molecule has 1 saturated heterocycles. The summed E-state index contributed by atoms with van der Waals surface area (Å²) in [5, 5.41) is 7.01. The number of piperidine rings is 1. The van der Waals surface area contributed by atoms with Gasteiger partial charge in [0.1, 0.15) is 11.5 Å². The summed E-state index contributed by atoms with van der Waals surface area (Å²) in [6.45, 7) is 6.18. The molecule has 0 bridgehead atoms. The number of methoxy groups -OCH3 is 1. The Hall–Kier alpha value is -3.03. The van der Waals surface area contributed by atoms with Crippen molar-refractivity contribution in [2.75, 3.05) is 37.4 Å². The molecule has 1 atom stereocenters. The molecule has 13 heteroatoms. The van der Waals surface area contributed by atoms with Gasteiger partial charge in [0.15, 0.2) is 15.7 Å². The fourth-order valence-corrected chi connectivity index (χ4v) is 7.31. The van der Waals surface area contributed by atoms with Gasteiger partial charge in [0.05, 0.1) is 23.1 Å². The van der Waals surface area contributed by atoms with Crippen molar-refractivity contribution < 1.29 is 27.2 Å². The van der Waals surface area contributed by atoms with Gasteiger partial charge >= 0.3 is 12.0 Å². The van der Waals surface area contributed by atoms with E-state index in [0.29, 0.717) is 17.8 Å². The smallest absolute Gasteiger partial charge is 0.324 e. The number of benzene rings is 1. The van der Waals surface area contributed by atoms with Crippen LogP contribution in [0.5, 0.6) is 5.19 Å². The number of fused-ring (bicyclic) bond motifs is 1. The van der Waals surface area contributed by atoms with E-state index in [0.717, 1.165) is 59.5 Å². The van der Waals surface area contributed by atoms with Crippen molar-refractivity contribution in [3.8, 4) is 5.19 Å². The summed E-state index contributed by atoms with van der Waals surface area (Å²) in [4.78, 5) is 22.6. The van der Waals surface area contributed by atoms with E-state index in [4.69, 9.17) is 9.26 Å². The van der Waals surface area contributed by atoms with Crippen LogP contribution < -0.4 is 15.0 Å². The fraction of sp³-hybridized carbons (Fsp3) is 0.556. The van der Waals surface area contributed by atoms with Crippen LogP contribution in [0.15, 0.2) is 28.8 Å². The molecule has 0 spiro atoms. The largest absolute Gasteiger partial charge is 0.469 e. The van der Waals surface area contributed by atoms with Crippen molar-refractivity contribution in [1.29, 1.82) is 0 Å². The van der Waals surface area contributed by atoms with Gasteiger partial charge in [0.25, 0.3) is 5.19 Å². The standard InChI is InChI=1S/C27H35N5O6S2/c1-17(2)25-30-26(38-31-25)32-12-9-20(10-13-32)37-27-29-21-7-6-18(15-22(21)39-27)19-8-11-28-23(16-19)40(34,35)14-4-5-24(33)36-3/h6-7,15-17,20,23,28H,4-5,8-14H2,1-3H3. The Labute approximate surface area is 237 Å². The Morgan fingerprint density at radius 3 is 2.77 bits per heavy atom. The Balaban J connectivity index is 1.21. The third-order valence-electron chi connectivity index (χ3n) is 7.18. The highest BCUT2D eigenvalue weighted by atomic mass is 32.2. The lowest BCUT2D eigenvalue weighted by molar-refractivity contribution is -0.140. The summed E-state index contributed by atoms with van der Waals surface area (Å²) in [6, 6.07) is 6.57. The number of carbonyl (C=O) groups excluding carboxylic acids is 1. The molecule has 0 amide bonds. The molecule has 1 N–H and O–H groups in total. The third kappa shape index (κ3) is 6.64. The number of hydrogen-bond donors (Lipinski definition) is 1. The number of hydrogen-bond acceptors (Lipinski definition) is 12. The van der Waals surface area contributed by atoms with Crippen LogP contribution in [0.4, 0.5) is 6.01 Å². The lowest BCUT2D eigenvalue weighted by Gasteiger charge is -2.29. The van der Waals surface area contributed by atoms with Gasteiger partial charge in [0, 0.05) is 44.8 Å². The van der Waals surface area contributed by atoms with E-state index in [1.165, 1.54) is 18.4 Å². The minimum Gasteiger partial charge on any atom is -0.469 e. The molecule has 0 saturated carbocycles. The maximum absolute atomic E-state index is 12.9. The van der Waals surface area contributed by atoms with Crippen molar-refractivity contribution in [1.82, 2.24) is 20.4 Å². The number of thiazole rings is 1. The zero-order chi connectivity index (χ0) is 28.3. The SMILES string of the molecule is COC(=O)CCCS(=O)(=O)C1C=C(c2ccc3nc(OC4CCN(c5nc(C(C)C)no5)CC4)sc3c2)CCN1. The molecule has 40 heavy (non-hydrogen) atoms. The van der Waals surface area contributed by atoms with Crippen LogP contribution in [0.3, 0.4) is 0 Å². The van der Waals surface area contributed by atoms with Crippen LogP contribution in [-0.2, 0) is 19.4 Å². The number of anilines is 1. The molecule has 1 aromatic carbocycles. The van der Waals surface area contributed by atoms with Gasteiger partial charge in [-0.05, 0) is 42.2 Å². The number of nitrogens with one attached hydrogen (secondary N) is 1. The summed E-state index contributed by atoms with van der Waals surface area (Å²) in [5.41, 5.74) is 2.81. The average molecular weight is 590 g/mol. The predicted octanol–water partition coefficient (Wildman–Crippen LogP) is 3.92. The van der Waals surface area contributed by atoms with E-state index < -0.39 is 21.2 Å². The fourth-order valence-electron chi connectivity index (χ4n) is 4.84. The lowest BCUT2D eigenvalue weighted by Crippen LogP contribution is -2.39. The van der Waals surface area contributed by atoms with Gasteiger partial charge < -0.3 is 18.9 Å². The molecule has 2 aliphatic heterocycles. The van der Waals surface area contributed by atoms with Gasteiger partial charge in [-0.2, -0.15) is 4.98 Å². The summed E-state index contributed by atoms with van der Waals surface area (Å²) < 4.78 is 43.0. The van der Waals surface area contributed by atoms with Crippen molar-refractivity contribution in [3.63, 3.8) is 0 Å². The summed E-state index contributed by atoms with van der Waals surface area (Å²) in [7, 11) is -2.15. The van der Waals surface area contributed by atoms with Gasteiger partial charge in [-0.1, -0.05) is 36.4 Å². The topological polar surface area (TPSA) is 137 Å². The van der Waals surface area contributed by atoms with E-state index in [1.807, 2.05) is 26.0 Å². The van der Waals surface area contributed by atoms with Crippen LogP contribution in [-0.4, -0.2) is 73.5 Å². The van der Waals surface area contributed by atoms with Crippen LogP contribution in [0.25, 0.3) is 15.8 Å². The average Bonchev–Trinajstić information content (AvgIpc) is 3.60. The minimum atomic E-state index is -3.45. The number of rotatable bonds is 10. The zero-order valence-electron chi connectivity index (χ0n) is 23.0. The molecule has 216 valence electrons. The maximum Gasteiger partial charge on any atom is 0.324 e. The van der Waals surface area contributed by atoms with Gasteiger partial charge in [-0.25, -0.2) is 13.4 Å². The van der Waals surface area contributed by atoms with Crippen molar-refractivity contribution in [2.24, 2.45) is 0 Å². The predicted molar refractivity (Wildman–Crippen MR) is 153 cm³/mol. The Bertz CT molecular complexity index is 1470. The summed E-state index contributed by atoms with van der Waals surface area (Å²) in [5.74, 6) is 0.460. The molecule has 0 aliphatic carbocycles. The minimum absolute atomic E-state index is 0.0565. The summed E-state index contributed by atoms with van der Waals surface area (Å²) >= 11 is 1.50. The highest BCUT2D eigenvalue weighted by Crippen LogP contribution is 2.34. The van der Waals surface area contributed by atoms with E-state index in [-0.39, 0.29) is 30.6 Å². The van der Waals surface area contributed by atoms with E-state index in [2.05, 4.69) is 36.1 Å². The number of nitrogens with zero attached hydrogens (tertiary/aromatic N) is 4. The Morgan fingerprint density at radius 1 is 1.25 bits per heavy atom. The molecule has 1 unspecified atom stereocenters. The monoisotopic (exact) mass is 589 g/mol. The Morgan fingerprint density at radius 2 is 2.05 bits per heavy atom. The summed E-state index contributed by atoms with van der Waals surface area (Å²) in [6.07, 6.45) is 4.55. The van der Waals surface area contributed by atoms with Gasteiger partial charge in [-0.15, -0.1) is 0 Å². The quantitative estimate of drug-likeness (QED) is 0.345. The van der Waals surface area contributed by atoms with E-state index >= 15 is 0 Å².